The number of rotatable bonds is 4. The normalized spacial score (nSPS) is 30.6. The van der Waals surface area contributed by atoms with Gasteiger partial charge in [0, 0.05) is 37.5 Å². The van der Waals surface area contributed by atoms with Crippen LogP contribution < -0.4 is 5.32 Å². The molecule has 0 aromatic carbocycles. The monoisotopic (exact) mass is 230 g/mol. The van der Waals surface area contributed by atoms with E-state index in [9.17, 15) is 0 Å². The largest absolute Gasteiger partial charge is 0.379 e. The molecule has 0 bridgehead atoms. The average Bonchev–Trinajstić information content (AvgIpc) is 2.80. The van der Waals surface area contributed by atoms with Gasteiger partial charge in [-0.15, -0.1) is 0 Å². The number of morpholine rings is 1. The van der Waals surface area contributed by atoms with Crippen LogP contribution in [0.25, 0.3) is 0 Å². The van der Waals surface area contributed by atoms with Crippen LogP contribution in [0.15, 0.2) is 0 Å². The van der Waals surface area contributed by atoms with Crippen LogP contribution >= 0.6 is 11.8 Å². The van der Waals surface area contributed by atoms with E-state index in [0.29, 0.717) is 6.04 Å². The highest BCUT2D eigenvalue weighted by Gasteiger charge is 2.19. The minimum atomic E-state index is 0.652. The molecule has 2 aliphatic heterocycles. The van der Waals surface area contributed by atoms with Crippen molar-refractivity contribution in [3.63, 3.8) is 0 Å². The fraction of sp³-hybridized carbons (Fsp3) is 1.00. The van der Waals surface area contributed by atoms with Crippen molar-refractivity contribution < 1.29 is 4.74 Å². The maximum Gasteiger partial charge on any atom is 0.0594 e. The Hall–Kier alpha value is 0.230. The molecule has 2 rings (SSSR count). The van der Waals surface area contributed by atoms with E-state index < -0.39 is 0 Å². The quantitative estimate of drug-likeness (QED) is 0.772. The summed E-state index contributed by atoms with van der Waals surface area (Å²) in [6.07, 6.45) is 1.35. The summed E-state index contributed by atoms with van der Waals surface area (Å²) in [7, 11) is 0. The number of hydrogen-bond donors (Lipinski definition) is 1. The first-order valence-corrected chi connectivity index (χ1v) is 7.14. The molecule has 2 saturated heterocycles. The van der Waals surface area contributed by atoms with Gasteiger partial charge in [0.1, 0.15) is 0 Å². The van der Waals surface area contributed by atoms with E-state index in [1.165, 1.54) is 17.9 Å². The third kappa shape index (κ3) is 3.63. The molecule has 1 N–H and O–H groups in total. The van der Waals surface area contributed by atoms with Gasteiger partial charge in [0.2, 0.25) is 0 Å². The SMILES string of the molecule is CC(CNC1CCSC1)N1CCOCC1. The fourth-order valence-corrected chi connectivity index (χ4v) is 3.37. The molecule has 0 radical (unpaired) electrons. The topological polar surface area (TPSA) is 24.5 Å². The number of thioether (sulfide) groups is 1. The van der Waals surface area contributed by atoms with Crippen LogP contribution in [-0.4, -0.2) is 61.3 Å². The molecule has 2 aliphatic rings. The molecule has 0 saturated carbocycles. The van der Waals surface area contributed by atoms with E-state index in [4.69, 9.17) is 4.74 Å². The van der Waals surface area contributed by atoms with Crippen LogP contribution in [0.3, 0.4) is 0 Å². The van der Waals surface area contributed by atoms with Gasteiger partial charge in [-0.05, 0) is 19.1 Å². The van der Waals surface area contributed by atoms with Gasteiger partial charge >= 0.3 is 0 Å². The van der Waals surface area contributed by atoms with Crippen LogP contribution in [0, 0.1) is 0 Å². The zero-order valence-electron chi connectivity index (χ0n) is 9.58. The summed E-state index contributed by atoms with van der Waals surface area (Å²) >= 11 is 2.07. The summed E-state index contributed by atoms with van der Waals surface area (Å²) < 4.78 is 5.36. The van der Waals surface area contributed by atoms with E-state index in [0.717, 1.165) is 38.9 Å². The first-order valence-electron chi connectivity index (χ1n) is 5.99. The minimum absolute atomic E-state index is 0.652. The summed E-state index contributed by atoms with van der Waals surface area (Å²) in [5.74, 6) is 2.64. The molecule has 0 aliphatic carbocycles. The first kappa shape index (κ1) is 11.7. The Morgan fingerprint density at radius 3 is 2.93 bits per heavy atom. The summed E-state index contributed by atoms with van der Waals surface area (Å²) in [6.45, 7) is 7.46. The second-order valence-corrected chi connectivity index (χ2v) is 5.62. The summed E-state index contributed by atoms with van der Waals surface area (Å²) in [4.78, 5) is 2.53. The van der Waals surface area contributed by atoms with Gasteiger partial charge in [0.05, 0.1) is 13.2 Å². The highest BCUT2D eigenvalue weighted by Crippen LogP contribution is 2.17. The predicted molar refractivity (Wildman–Crippen MR) is 65.6 cm³/mol. The lowest BCUT2D eigenvalue weighted by Gasteiger charge is -2.33. The van der Waals surface area contributed by atoms with Crippen LogP contribution in [0.5, 0.6) is 0 Å². The Bertz CT molecular complexity index is 179. The molecule has 0 spiro atoms. The Morgan fingerprint density at radius 2 is 2.27 bits per heavy atom. The maximum atomic E-state index is 5.36. The fourth-order valence-electron chi connectivity index (χ4n) is 2.18. The second kappa shape index (κ2) is 6.09. The van der Waals surface area contributed by atoms with Crippen molar-refractivity contribution in [2.45, 2.75) is 25.4 Å². The van der Waals surface area contributed by atoms with E-state index >= 15 is 0 Å². The van der Waals surface area contributed by atoms with E-state index in [1.807, 2.05) is 0 Å². The van der Waals surface area contributed by atoms with E-state index in [2.05, 4.69) is 28.9 Å². The third-order valence-electron chi connectivity index (χ3n) is 3.30. The molecule has 2 fully saturated rings. The zero-order chi connectivity index (χ0) is 10.5. The number of hydrogen-bond acceptors (Lipinski definition) is 4. The molecule has 2 heterocycles. The van der Waals surface area contributed by atoms with Crippen molar-refractivity contribution in [2.24, 2.45) is 0 Å². The molecular formula is C11H22N2OS. The van der Waals surface area contributed by atoms with Crippen molar-refractivity contribution in [2.75, 3.05) is 44.4 Å². The minimum Gasteiger partial charge on any atom is -0.379 e. The highest BCUT2D eigenvalue weighted by atomic mass is 32.2. The number of nitrogens with zero attached hydrogens (tertiary/aromatic N) is 1. The molecule has 4 heteroatoms. The Morgan fingerprint density at radius 1 is 1.47 bits per heavy atom. The van der Waals surface area contributed by atoms with Crippen LogP contribution in [0.2, 0.25) is 0 Å². The number of nitrogens with one attached hydrogen (secondary N) is 1. The lowest BCUT2D eigenvalue weighted by atomic mass is 10.2. The van der Waals surface area contributed by atoms with E-state index in [1.54, 1.807) is 0 Å². The molecule has 3 nitrogen and oxygen atoms in total. The van der Waals surface area contributed by atoms with Gasteiger partial charge in [-0.1, -0.05) is 0 Å². The summed E-state index contributed by atoms with van der Waals surface area (Å²) in [5, 5.41) is 3.68. The summed E-state index contributed by atoms with van der Waals surface area (Å²) in [6, 6.07) is 1.41. The summed E-state index contributed by atoms with van der Waals surface area (Å²) in [5.41, 5.74) is 0. The lowest BCUT2D eigenvalue weighted by Crippen LogP contribution is -2.48. The van der Waals surface area contributed by atoms with Crippen molar-refractivity contribution in [3.05, 3.63) is 0 Å². The smallest absolute Gasteiger partial charge is 0.0594 e. The molecule has 2 atom stereocenters. The molecule has 2 unspecified atom stereocenters. The highest BCUT2D eigenvalue weighted by molar-refractivity contribution is 7.99. The van der Waals surface area contributed by atoms with Crippen molar-refractivity contribution in [3.8, 4) is 0 Å². The molecule has 0 aromatic rings. The van der Waals surface area contributed by atoms with Gasteiger partial charge in [-0.25, -0.2) is 0 Å². The standard InChI is InChI=1S/C11H22N2OS/c1-10(13-3-5-14-6-4-13)8-12-11-2-7-15-9-11/h10-12H,2-9H2,1H3. The molecular weight excluding hydrogens is 208 g/mol. The third-order valence-corrected chi connectivity index (χ3v) is 4.46. The average molecular weight is 230 g/mol. The van der Waals surface area contributed by atoms with Crippen molar-refractivity contribution in [1.82, 2.24) is 10.2 Å². The van der Waals surface area contributed by atoms with Crippen molar-refractivity contribution >= 4 is 11.8 Å². The first-order chi connectivity index (χ1) is 7.36. The number of ether oxygens (including phenoxy) is 1. The molecule has 0 amide bonds. The van der Waals surface area contributed by atoms with Gasteiger partial charge in [0.25, 0.3) is 0 Å². The van der Waals surface area contributed by atoms with Crippen LogP contribution in [0.4, 0.5) is 0 Å². The lowest BCUT2D eigenvalue weighted by molar-refractivity contribution is 0.0200. The predicted octanol–water partition coefficient (Wildman–Crippen LogP) is 0.802. The zero-order valence-corrected chi connectivity index (χ0v) is 10.4. The van der Waals surface area contributed by atoms with Crippen molar-refractivity contribution in [1.29, 1.82) is 0 Å². The van der Waals surface area contributed by atoms with Gasteiger partial charge in [-0.2, -0.15) is 11.8 Å². The van der Waals surface area contributed by atoms with Crippen LogP contribution in [0.1, 0.15) is 13.3 Å². The Kier molecular flexibility index (Phi) is 4.75. The van der Waals surface area contributed by atoms with Gasteiger partial charge in [0.15, 0.2) is 0 Å². The second-order valence-electron chi connectivity index (χ2n) is 4.47. The molecule has 15 heavy (non-hydrogen) atoms. The Balaban J connectivity index is 1.64. The van der Waals surface area contributed by atoms with E-state index in [-0.39, 0.29) is 0 Å². The maximum absolute atomic E-state index is 5.36. The Labute approximate surface area is 96.9 Å². The van der Waals surface area contributed by atoms with Gasteiger partial charge < -0.3 is 10.1 Å². The van der Waals surface area contributed by atoms with Gasteiger partial charge in [-0.3, -0.25) is 4.90 Å². The molecule has 88 valence electrons. The van der Waals surface area contributed by atoms with Crippen LogP contribution in [-0.2, 0) is 4.74 Å². The molecule has 0 aromatic heterocycles.